The number of imidazole rings is 1. The first-order valence-electron chi connectivity index (χ1n) is 5.80. The highest BCUT2D eigenvalue weighted by Gasteiger charge is 2.14. The molecule has 1 aliphatic rings. The normalized spacial score (nSPS) is 17.9. The number of nitrogens with zero attached hydrogens (tertiary/aromatic N) is 4. The lowest BCUT2D eigenvalue weighted by Crippen LogP contribution is -2.44. The number of pyridine rings is 1. The second-order valence-electron chi connectivity index (χ2n) is 4.49. The Hall–Kier alpha value is -1.07. The van der Waals surface area contributed by atoms with E-state index in [0.29, 0.717) is 0 Å². The van der Waals surface area contributed by atoms with Gasteiger partial charge in [-0.05, 0) is 35.1 Å². The van der Waals surface area contributed by atoms with Crippen molar-refractivity contribution >= 4 is 27.3 Å². The Morgan fingerprint density at radius 3 is 2.71 bits per heavy atom. The molecule has 4 nitrogen and oxygen atoms in total. The van der Waals surface area contributed by atoms with Gasteiger partial charge in [-0.15, -0.1) is 0 Å². The standard InChI is InChI=1S/C12H15BrN4/c1-15-4-6-16(7-5-15)10-2-3-12-14-8-11(13)17(12)9-10/h2-3,8-9H,4-7H2,1H3. The summed E-state index contributed by atoms with van der Waals surface area (Å²) in [6.45, 7) is 4.44. The van der Waals surface area contributed by atoms with Crippen LogP contribution in [0, 0.1) is 0 Å². The Balaban J connectivity index is 1.92. The number of halogens is 1. The molecule has 2 aromatic rings. The Morgan fingerprint density at radius 1 is 1.18 bits per heavy atom. The van der Waals surface area contributed by atoms with Gasteiger partial charge in [0, 0.05) is 32.4 Å². The van der Waals surface area contributed by atoms with Gasteiger partial charge in [0.15, 0.2) is 0 Å². The van der Waals surface area contributed by atoms with Crippen LogP contribution in [-0.2, 0) is 0 Å². The second-order valence-corrected chi connectivity index (χ2v) is 5.30. The first-order valence-corrected chi connectivity index (χ1v) is 6.59. The van der Waals surface area contributed by atoms with E-state index >= 15 is 0 Å². The SMILES string of the molecule is CN1CCN(c2ccc3ncc(Br)n3c2)CC1. The predicted octanol–water partition coefficient (Wildman–Crippen LogP) is 1.85. The lowest BCUT2D eigenvalue weighted by atomic mass is 10.3. The molecule has 5 heteroatoms. The van der Waals surface area contributed by atoms with Crippen LogP contribution in [-0.4, -0.2) is 47.5 Å². The van der Waals surface area contributed by atoms with Crippen LogP contribution in [0.15, 0.2) is 29.1 Å². The zero-order valence-electron chi connectivity index (χ0n) is 9.80. The number of aromatic nitrogens is 2. The highest BCUT2D eigenvalue weighted by atomic mass is 79.9. The fourth-order valence-corrected chi connectivity index (χ4v) is 2.58. The summed E-state index contributed by atoms with van der Waals surface area (Å²) in [5, 5.41) is 0. The van der Waals surface area contributed by atoms with E-state index in [2.05, 4.69) is 60.5 Å². The summed E-state index contributed by atoms with van der Waals surface area (Å²) in [6, 6.07) is 4.22. The van der Waals surface area contributed by atoms with Crippen molar-refractivity contribution in [1.29, 1.82) is 0 Å². The van der Waals surface area contributed by atoms with Gasteiger partial charge in [-0.1, -0.05) is 0 Å². The van der Waals surface area contributed by atoms with Gasteiger partial charge in [-0.25, -0.2) is 4.98 Å². The molecular formula is C12H15BrN4. The molecule has 0 amide bonds. The van der Waals surface area contributed by atoms with E-state index < -0.39 is 0 Å². The number of rotatable bonds is 1. The molecule has 2 aromatic heterocycles. The number of likely N-dealkylation sites (N-methyl/N-ethyl adjacent to an activating group) is 1. The van der Waals surface area contributed by atoms with Gasteiger partial charge in [0.25, 0.3) is 0 Å². The lowest BCUT2D eigenvalue weighted by molar-refractivity contribution is 0.313. The molecule has 3 rings (SSSR count). The van der Waals surface area contributed by atoms with E-state index in [4.69, 9.17) is 0 Å². The van der Waals surface area contributed by atoms with Crippen LogP contribution in [0.3, 0.4) is 0 Å². The summed E-state index contributed by atoms with van der Waals surface area (Å²) in [6.07, 6.45) is 3.99. The van der Waals surface area contributed by atoms with Crippen molar-refractivity contribution in [3.8, 4) is 0 Å². The third-order valence-corrected chi connectivity index (χ3v) is 3.90. The molecule has 0 saturated carbocycles. The van der Waals surface area contributed by atoms with E-state index in [-0.39, 0.29) is 0 Å². The second kappa shape index (κ2) is 4.31. The molecule has 1 saturated heterocycles. The fraction of sp³-hybridized carbons (Fsp3) is 0.417. The van der Waals surface area contributed by atoms with Gasteiger partial charge in [0.05, 0.1) is 11.9 Å². The lowest BCUT2D eigenvalue weighted by Gasteiger charge is -2.34. The average Bonchev–Trinajstić information content (AvgIpc) is 2.72. The van der Waals surface area contributed by atoms with Crippen LogP contribution in [0.25, 0.3) is 5.65 Å². The van der Waals surface area contributed by atoms with Crippen molar-refractivity contribution in [2.75, 3.05) is 38.1 Å². The molecule has 0 aromatic carbocycles. The summed E-state index contributed by atoms with van der Waals surface area (Å²) >= 11 is 3.51. The maximum atomic E-state index is 4.31. The molecule has 1 aliphatic heterocycles. The molecule has 3 heterocycles. The topological polar surface area (TPSA) is 23.8 Å². The van der Waals surface area contributed by atoms with E-state index in [9.17, 15) is 0 Å². The largest absolute Gasteiger partial charge is 0.368 e. The predicted molar refractivity (Wildman–Crippen MR) is 72.6 cm³/mol. The van der Waals surface area contributed by atoms with Crippen LogP contribution in [0.4, 0.5) is 5.69 Å². The third kappa shape index (κ3) is 2.05. The Labute approximate surface area is 109 Å². The van der Waals surface area contributed by atoms with Crippen LogP contribution < -0.4 is 4.90 Å². The van der Waals surface area contributed by atoms with Crippen LogP contribution in [0.5, 0.6) is 0 Å². The molecule has 17 heavy (non-hydrogen) atoms. The number of piperazine rings is 1. The van der Waals surface area contributed by atoms with Crippen LogP contribution in [0.1, 0.15) is 0 Å². The summed E-state index contributed by atoms with van der Waals surface area (Å²) in [5.74, 6) is 0. The van der Waals surface area contributed by atoms with E-state index in [1.54, 1.807) is 0 Å². The van der Waals surface area contributed by atoms with E-state index in [1.807, 2.05) is 6.20 Å². The molecule has 0 N–H and O–H groups in total. The molecule has 0 aliphatic carbocycles. The molecule has 0 atom stereocenters. The quantitative estimate of drug-likeness (QED) is 0.802. The molecular weight excluding hydrogens is 280 g/mol. The van der Waals surface area contributed by atoms with E-state index in [0.717, 1.165) is 36.4 Å². The molecule has 90 valence electrons. The molecule has 0 radical (unpaired) electrons. The minimum Gasteiger partial charge on any atom is -0.368 e. The number of hydrogen-bond acceptors (Lipinski definition) is 3. The van der Waals surface area contributed by atoms with Crippen molar-refractivity contribution in [3.05, 3.63) is 29.1 Å². The highest BCUT2D eigenvalue weighted by molar-refractivity contribution is 9.10. The van der Waals surface area contributed by atoms with Gasteiger partial charge in [0.1, 0.15) is 10.3 Å². The maximum absolute atomic E-state index is 4.31. The zero-order valence-corrected chi connectivity index (χ0v) is 11.4. The first kappa shape index (κ1) is 11.0. The summed E-state index contributed by atoms with van der Waals surface area (Å²) in [5.41, 5.74) is 2.25. The first-order chi connectivity index (χ1) is 8.24. The van der Waals surface area contributed by atoms with Gasteiger partial charge in [-0.2, -0.15) is 0 Å². The monoisotopic (exact) mass is 294 g/mol. The Bertz CT molecular complexity index is 528. The van der Waals surface area contributed by atoms with Gasteiger partial charge in [-0.3, -0.25) is 4.40 Å². The van der Waals surface area contributed by atoms with Crippen LogP contribution >= 0.6 is 15.9 Å². The fourth-order valence-electron chi connectivity index (χ4n) is 2.19. The van der Waals surface area contributed by atoms with Crippen LogP contribution in [0.2, 0.25) is 0 Å². The summed E-state index contributed by atoms with van der Waals surface area (Å²) < 4.78 is 3.08. The van der Waals surface area contributed by atoms with Gasteiger partial charge >= 0.3 is 0 Å². The number of anilines is 1. The highest BCUT2D eigenvalue weighted by Crippen LogP contribution is 2.20. The van der Waals surface area contributed by atoms with E-state index in [1.165, 1.54) is 5.69 Å². The minimum absolute atomic E-state index is 0.981. The number of hydrogen-bond donors (Lipinski definition) is 0. The van der Waals surface area contributed by atoms with Crippen molar-refractivity contribution in [2.24, 2.45) is 0 Å². The summed E-state index contributed by atoms with van der Waals surface area (Å²) in [4.78, 5) is 9.09. The van der Waals surface area contributed by atoms with Gasteiger partial charge in [0.2, 0.25) is 0 Å². The minimum atomic E-state index is 0.981. The summed E-state index contributed by atoms with van der Waals surface area (Å²) in [7, 11) is 2.17. The molecule has 0 bridgehead atoms. The maximum Gasteiger partial charge on any atom is 0.137 e. The average molecular weight is 295 g/mol. The number of fused-ring (bicyclic) bond motifs is 1. The Morgan fingerprint density at radius 2 is 1.94 bits per heavy atom. The molecule has 0 unspecified atom stereocenters. The van der Waals surface area contributed by atoms with Crippen molar-refractivity contribution in [2.45, 2.75) is 0 Å². The van der Waals surface area contributed by atoms with Crippen molar-refractivity contribution in [1.82, 2.24) is 14.3 Å². The van der Waals surface area contributed by atoms with Crippen molar-refractivity contribution in [3.63, 3.8) is 0 Å². The van der Waals surface area contributed by atoms with Crippen molar-refractivity contribution < 1.29 is 0 Å². The molecule has 1 fully saturated rings. The van der Waals surface area contributed by atoms with Gasteiger partial charge < -0.3 is 9.80 Å². The smallest absolute Gasteiger partial charge is 0.137 e. The molecule has 0 spiro atoms. The zero-order chi connectivity index (χ0) is 11.8. The third-order valence-electron chi connectivity index (χ3n) is 3.31. The Kier molecular flexibility index (Phi) is 2.80.